The highest BCUT2D eigenvalue weighted by Crippen LogP contribution is 2.35. The number of nitrogen functional groups attached to an aromatic ring is 1. The van der Waals surface area contributed by atoms with E-state index in [2.05, 4.69) is 10.1 Å². The molecule has 0 atom stereocenters. The van der Waals surface area contributed by atoms with Crippen molar-refractivity contribution in [2.75, 3.05) is 5.73 Å². The standard InChI is InChI=1S/C10H10Cl2N4O/c1-16-9(14-5-15-16)4-17-10-7(11)2-6(13)3-8(10)12/h2-3,5H,4,13H2,1H3. The first kappa shape index (κ1) is 12.0. The number of ether oxygens (including phenoxy) is 1. The van der Waals surface area contributed by atoms with E-state index in [9.17, 15) is 0 Å². The van der Waals surface area contributed by atoms with Gasteiger partial charge in [0.1, 0.15) is 12.9 Å². The SMILES string of the molecule is Cn1ncnc1COc1c(Cl)cc(N)cc1Cl. The van der Waals surface area contributed by atoms with Gasteiger partial charge in [-0.2, -0.15) is 5.10 Å². The van der Waals surface area contributed by atoms with Gasteiger partial charge in [-0.15, -0.1) is 0 Å². The Morgan fingerprint density at radius 2 is 2.00 bits per heavy atom. The summed E-state index contributed by atoms with van der Waals surface area (Å²) in [6.45, 7) is 0.236. The van der Waals surface area contributed by atoms with Crippen molar-refractivity contribution in [1.82, 2.24) is 14.8 Å². The Hall–Kier alpha value is -1.46. The molecule has 0 unspecified atom stereocenters. The predicted octanol–water partition coefficient (Wildman–Crippen LogP) is 2.28. The van der Waals surface area contributed by atoms with Crippen molar-refractivity contribution in [3.63, 3.8) is 0 Å². The molecule has 0 saturated carbocycles. The largest absolute Gasteiger partial charge is 0.482 e. The molecule has 0 bridgehead atoms. The molecule has 0 fully saturated rings. The molecule has 0 aliphatic rings. The van der Waals surface area contributed by atoms with Gasteiger partial charge in [-0.25, -0.2) is 4.98 Å². The summed E-state index contributed by atoms with van der Waals surface area (Å²) in [7, 11) is 1.78. The summed E-state index contributed by atoms with van der Waals surface area (Å²) in [4.78, 5) is 4.02. The van der Waals surface area contributed by atoms with Crippen LogP contribution in [0.4, 0.5) is 5.69 Å². The van der Waals surface area contributed by atoms with E-state index in [0.717, 1.165) is 0 Å². The van der Waals surface area contributed by atoms with Crippen molar-refractivity contribution in [3.05, 3.63) is 34.3 Å². The Balaban J connectivity index is 2.17. The molecule has 90 valence electrons. The van der Waals surface area contributed by atoms with E-state index in [1.54, 1.807) is 23.9 Å². The molecule has 1 aromatic heterocycles. The first-order valence-corrected chi connectivity index (χ1v) is 5.53. The number of hydrogen-bond acceptors (Lipinski definition) is 4. The molecule has 7 heteroatoms. The maximum Gasteiger partial charge on any atom is 0.164 e. The fourth-order valence-electron chi connectivity index (χ4n) is 1.30. The fourth-order valence-corrected chi connectivity index (χ4v) is 1.92. The Labute approximate surface area is 108 Å². The summed E-state index contributed by atoms with van der Waals surface area (Å²) in [5.74, 6) is 1.07. The second-order valence-electron chi connectivity index (χ2n) is 3.40. The van der Waals surface area contributed by atoms with Gasteiger partial charge >= 0.3 is 0 Å². The third-order valence-corrected chi connectivity index (χ3v) is 2.73. The summed E-state index contributed by atoms with van der Waals surface area (Å²) in [5.41, 5.74) is 6.08. The minimum Gasteiger partial charge on any atom is -0.482 e. The zero-order chi connectivity index (χ0) is 12.4. The molecule has 2 aromatic rings. The van der Waals surface area contributed by atoms with Crippen molar-refractivity contribution >= 4 is 28.9 Å². The smallest absolute Gasteiger partial charge is 0.164 e. The van der Waals surface area contributed by atoms with Crippen LogP contribution in [0.2, 0.25) is 10.0 Å². The lowest BCUT2D eigenvalue weighted by molar-refractivity contribution is 0.290. The molecule has 1 heterocycles. The Kier molecular flexibility index (Phi) is 3.40. The van der Waals surface area contributed by atoms with Crippen LogP contribution in [-0.2, 0) is 13.7 Å². The second kappa shape index (κ2) is 4.81. The predicted molar refractivity (Wildman–Crippen MR) is 66.2 cm³/mol. The van der Waals surface area contributed by atoms with Gasteiger partial charge in [0, 0.05) is 12.7 Å². The van der Waals surface area contributed by atoms with Crippen LogP contribution >= 0.6 is 23.2 Å². The molecule has 1 aromatic carbocycles. The van der Waals surface area contributed by atoms with Crippen LogP contribution in [0, 0.1) is 0 Å². The average molecular weight is 273 g/mol. The minimum atomic E-state index is 0.236. The molecule has 0 saturated heterocycles. The van der Waals surface area contributed by atoms with Gasteiger partial charge < -0.3 is 10.5 Å². The number of benzene rings is 1. The molecule has 2 N–H and O–H groups in total. The van der Waals surface area contributed by atoms with Crippen LogP contribution in [0.5, 0.6) is 5.75 Å². The molecular weight excluding hydrogens is 263 g/mol. The normalized spacial score (nSPS) is 10.5. The van der Waals surface area contributed by atoms with E-state index in [-0.39, 0.29) is 6.61 Å². The monoisotopic (exact) mass is 272 g/mol. The molecule has 0 amide bonds. The Morgan fingerprint density at radius 3 is 2.53 bits per heavy atom. The van der Waals surface area contributed by atoms with Crippen LogP contribution < -0.4 is 10.5 Å². The lowest BCUT2D eigenvalue weighted by Crippen LogP contribution is -2.05. The van der Waals surface area contributed by atoms with Crippen LogP contribution in [-0.4, -0.2) is 14.8 Å². The van der Waals surface area contributed by atoms with Crippen LogP contribution in [0.15, 0.2) is 18.5 Å². The number of aromatic nitrogens is 3. The van der Waals surface area contributed by atoms with Gasteiger partial charge in [0.2, 0.25) is 0 Å². The maximum absolute atomic E-state index is 5.98. The highest BCUT2D eigenvalue weighted by atomic mass is 35.5. The molecule has 0 radical (unpaired) electrons. The van der Waals surface area contributed by atoms with Crippen LogP contribution in [0.1, 0.15) is 5.82 Å². The number of halogens is 2. The van der Waals surface area contributed by atoms with E-state index in [1.807, 2.05) is 0 Å². The quantitative estimate of drug-likeness (QED) is 0.871. The summed E-state index contributed by atoms with van der Waals surface area (Å²) < 4.78 is 7.12. The van der Waals surface area contributed by atoms with Gasteiger partial charge in [-0.05, 0) is 12.1 Å². The summed E-state index contributed by atoms with van der Waals surface area (Å²) >= 11 is 12.0. The van der Waals surface area contributed by atoms with Gasteiger partial charge in [-0.1, -0.05) is 23.2 Å². The third kappa shape index (κ3) is 2.62. The first-order valence-electron chi connectivity index (χ1n) is 4.78. The highest BCUT2D eigenvalue weighted by molar-refractivity contribution is 6.37. The molecule has 0 spiro atoms. The number of hydrogen-bond donors (Lipinski definition) is 1. The number of anilines is 1. The van der Waals surface area contributed by atoms with Crippen LogP contribution in [0.3, 0.4) is 0 Å². The summed E-state index contributed by atoms with van der Waals surface area (Å²) in [6, 6.07) is 3.17. The molecule has 0 aliphatic carbocycles. The molecule has 5 nitrogen and oxygen atoms in total. The van der Waals surface area contributed by atoms with Crippen LogP contribution in [0.25, 0.3) is 0 Å². The second-order valence-corrected chi connectivity index (χ2v) is 4.22. The molecule has 17 heavy (non-hydrogen) atoms. The van der Waals surface area contributed by atoms with Gasteiger partial charge in [0.15, 0.2) is 11.6 Å². The highest BCUT2D eigenvalue weighted by Gasteiger charge is 2.10. The lowest BCUT2D eigenvalue weighted by Gasteiger charge is -2.10. The van der Waals surface area contributed by atoms with Crippen molar-refractivity contribution in [1.29, 1.82) is 0 Å². The van der Waals surface area contributed by atoms with Crippen molar-refractivity contribution in [3.8, 4) is 5.75 Å². The number of nitrogens with zero attached hydrogens (tertiary/aromatic N) is 3. The molecular formula is C10H10Cl2N4O. The fraction of sp³-hybridized carbons (Fsp3) is 0.200. The van der Waals surface area contributed by atoms with E-state index in [0.29, 0.717) is 27.3 Å². The maximum atomic E-state index is 5.98. The minimum absolute atomic E-state index is 0.236. The van der Waals surface area contributed by atoms with E-state index >= 15 is 0 Å². The lowest BCUT2D eigenvalue weighted by atomic mass is 10.3. The van der Waals surface area contributed by atoms with Gasteiger partial charge in [0.05, 0.1) is 10.0 Å². The average Bonchev–Trinajstić information content (AvgIpc) is 2.62. The van der Waals surface area contributed by atoms with E-state index in [4.69, 9.17) is 33.7 Å². The van der Waals surface area contributed by atoms with E-state index in [1.165, 1.54) is 6.33 Å². The molecule has 0 aliphatic heterocycles. The topological polar surface area (TPSA) is 66.0 Å². The van der Waals surface area contributed by atoms with Crippen molar-refractivity contribution < 1.29 is 4.74 Å². The Bertz CT molecular complexity index is 518. The number of aryl methyl sites for hydroxylation is 1. The third-order valence-electron chi connectivity index (χ3n) is 2.17. The zero-order valence-corrected chi connectivity index (χ0v) is 10.5. The number of nitrogens with two attached hydrogens (primary N) is 1. The van der Waals surface area contributed by atoms with Gasteiger partial charge in [0.25, 0.3) is 0 Å². The van der Waals surface area contributed by atoms with Crippen molar-refractivity contribution in [2.24, 2.45) is 7.05 Å². The molecule has 2 rings (SSSR count). The number of rotatable bonds is 3. The summed E-state index contributed by atoms with van der Waals surface area (Å²) in [6.07, 6.45) is 1.45. The summed E-state index contributed by atoms with van der Waals surface area (Å²) in [5, 5.41) is 4.67. The first-order chi connectivity index (χ1) is 8.08. The Morgan fingerprint density at radius 1 is 1.35 bits per heavy atom. The zero-order valence-electron chi connectivity index (χ0n) is 9.02. The van der Waals surface area contributed by atoms with Gasteiger partial charge in [-0.3, -0.25) is 4.68 Å². The van der Waals surface area contributed by atoms with Crippen molar-refractivity contribution in [2.45, 2.75) is 6.61 Å². The van der Waals surface area contributed by atoms with E-state index < -0.39 is 0 Å².